The third-order valence-corrected chi connectivity index (χ3v) is 8.91. The van der Waals surface area contributed by atoms with Crippen LogP contribution in [-0.2, 0) is 4.79 Å². The lowest BCUT2D eigenvalue weighted by molar-refractivity contribution is -0.129. The van der Waals surface area contributed by atoms with Gasteiger partial charge < -0.3 is 14.5 Å². The number of aryl methyl sites for hydroxylation is 1. The molecule has 1 amide bonds. The van der Waals surface area contributed by atoms with Gasteiger partial charge >= 0.3 is 5.56 Å². The summed E-state index contributed by atoms with van der Waals surface area (Å²) in [7, 11) is 0. The Morgan fingerprint density at radius 3 is 2.75 bits per heavy atom. The minimum Gasteiger partial charge on any atom is -0.484 e. The highest BCUT2D eigenvalue weighted by Crippen LogP contribution is 2.42. The first-order valence-corrected chi connectivity index (χ1v) is 14.8. The zero-order valence-corrected chi connectivity index (χ0v) is 25.1. The summed E-state index contributed by atoms with van der Waals surface area (Å²) >= 11 is 0. The van der Waals surface area contributed by atoms with Crippen LogP contribution in [0.3, 0.4) is 0 Å². The highest BCUT2D eigenvalue weighted by Gasteiger charge is 2.40. The number of hydrogen-bond donors (Lipinski definition) is 1. The number of H-pyrrole nitrogens is 1. The molecule has 5 heterocycles. The minimum absolute atomic E-state index is 0.104. The molecule has 0 radical (unpaired) electrons. The predicted molar refractivity (Wildman–Crippen MR) is 169 cm³/mol. The number of rotatable bonds is 4. The Labute approximate surface area is 253 Å². The number of hydrogen-bond acceptors (Lipinski definition) is 6. The van der Waals surface area contributed by atoms with Gasteiger partial charge in [-0.25, -0.2) is 9.37 Å². The monoisotopic (exact) mass is 592 g/mol. The number of aromatic amines is 1. The molecule has 7 rings (SSSR count). The summed E-state index contributed by atoms with van der Waals surface area (Å²) in [5, 5.41) is 8.35. The van der Waals surface area contributed by atoms with Crippen molar-refractivity contribution in [1.82, 2.24) is 24.6 Å². The van der Waals surface area contributed by atoms with E-state index < -0.39 is 5.82 Å². The van der Waals surface area contributed by atoms with E-state index in [1.807, 2.05) is 50.2 Å². The van der Waals surface area contributed by atoms with Gasteiger partial charge in [0.05, 0.1) is 29.1 Å². The molecule has 2 aliphatic rings. The molecule has 3 aromatic heterocycles. The highest BCUT2D eigenvalue weighted by atomic mass is 19.1. The Hall–Kier alpha value is -4.99. The third-order valence-electron chi connectivity index (χ3n) is 8.91. The van der Waals surface area contributed by atoms with Gasteiger partial charge in [0, 0.05) is 35.5 Å². The zero-order chi connectivity index (χ0) is 30.9. The molecule has 0 bridgehead atoms. The zero-order valence-electron chi connectivity index (χ0n) is 25.1. The maximum Gasteiger partial charge on any atom is 0.301 e. The second-order valence-corrected chi connectivity index (χ2v) is 12.0. The van der Waals surface area contributed by atoms with Gasteiger partial charge in [0.15, 0.2) is 5.65 Å². The number of pyridine rings is 2. The summed E-state index contributed by atoms with van der Waals surface area (Å²) in [6, 6.07) is 12.6. The maximum absolute atomic E-state index is 16.4. The topological polar surface area (TPSA) is 96.3 Å². The van der Waals surface area contributed by atoms with E-state index in [0.29, 0.717) is 41.1 Å². The summed E-state index contributed by atoms with van der Waals surface area (Å²) in [5.74, 6) is -0.415. The van der Waals surface area contributed by atoms with Crippen LogP contribution >= 0.6 is 0 Å². The minimum atomic E-state index is -0.519. The summed E-state index contributed by atoms with van der Waals surface area (Å²) in [5.41, 5.74) is 4.45. The van der Waals surface area contributed by atoms with Crippen LogP contribution in [0.4, 0.5) is 10.1 Å². The number of ether oxygens (including phenoxy) is 1. The first-order chi connectivity index (χ1) is 21.2. The molecule has 1 saturated heterocycles. The average molecular weight is 593 g/mol. The maximum atomic E-state index is 16.4. The van der Waals surface area contributed by atoms with Gasteiger partial charge in [-0.3, -0.25) is 19.3 Å². The fourth-order valence-electron chi connectivity index (χ4n) is 6.74. The average Bonchev–Trinajstić information content (AvgIpc) is 3.49. The van der Waals surface area contributed by atoms with Crippen LogP contribution in [0.15, 0.2) is 66.1 Å². The number of aromatic nitrogens is 4. The summed E-state index contributed by atoms with van der Waals surface area (Å²) in [4.78, 5) is 36.0. The molecule has 9 nitrogen and oxygen atoms in total. The Balaban J connectivity index is 1.55. The van der Waals surface area contributed by atoms with Gasteiger partial charge in [-0.1, -0.05) is 44.7 Å². The van der Waals surface area contributed by atoms with Crippen molar-refractivity contribution < 1.29 is 13.9 Å². The normalized spacial score (nSPS) is 18.0. The molecule has 0 unspecified atom stereocenters. The quantitative estimate of drug-likeness (QED) is 0.278. The van der Waals surface area contributed by atoms with Crippen molar-refractivity contribution >= 4 is 33.5 Å². The lowest BCUT2D eigenvalue weighted by Gasteiger charge is -2.48. The van der Waals surface area contributed by atoms with Gasteiger partial charge in [-0.05, 0) is 55.2 Å². The first-order valence-electron chi connectivity index (χ1n) is 14.8. The SMILES string of the molecule is C=CC(=O)N1C[C@@H]2COc3c(c4cc(F)c(-c5c(C)ccc6[nH]ncc56)nc4n(-c4ccccc4C(C)C)c3=O)N2C[C@H]1C. The lowest BCUT2D eigenvalue weighted by Crippen LogP contribution is -2.62. The van der Waals surface area contributed by atoms with E-state index in [0.717, 1.165) is 22.0 Å². The van der Waals surface area contributed by atoms with Crippen LogP contribution < -0.4 is 15.2 Å². The Morgan fingerprint density at radius 1 is 1.18 bits per heavy atom. The molecule has 224 valence electrons. The van der Waals surface area contributed by atoms with Crippen molar-refractivity contribution in [2.75, 3.05) is 24.6 Å². The molecule has 10 heteroatoms. The number of piperazine rings is 1. The van der Waals surface area contributed by atoms with Crippen molar-refractivity contribution in [3.8, 4) is 22.7 Å². The number of nitrogens with one attached hydrogen (secondary N) is 1. The highest BCUT2D eigenvalue weighted by molar-refractivity contribution is 6.00. The molecule has 0 saturated carbocycles. The molecular formula is C34H33FN6O3. The van der Waals surface area contributed by atoms with E-state index in [1.165, 1.54) is 12.1 Å². The smallest absolute Gasteiger partial charge is 0.301 e. The first kappa shape index (κ1) is 27.8. The number of fused-ring (bicyclic) bond motifs is 6. The van der Waals surface area contributed by atoms with Crippen molar-refractivity contribution in [3.05, 3.63) is 88.6 Å². The number of benzene rings is 2. The molecule has 2 aromatic carbocycles. The standard InChI is InChI=1S/C34H33FN6O3/c1-6-28(42)39-16-21-17-44-32-31(40(21)15-20(39)5)23-13-25(35)30(29-19(4)11-12-26-24(29)14-36-38-26)37-33(23)41(34(32)43)27-10-8-7-9-22(27)18(2)3/h6-14,18,20-21H,1,15-17H2,2-5H3,(H,36,38)/t20-,21-/m1/s1. The molecule has 0 spiro atoms. The largest absolute Gasteiger partial charge is 0.484 e. The van der Waals surface area contributed by atoms with Crippen LogP contribution in [0.2, 0.25) is 0 Å². The van der Waals surface area contributed by atoms with Gasteiger partial charge in [0.2, 0.25) is 11.7 Å². The van der Waals surface area contributed by atoms with Gasteiger partial charge in [0.25, 0.3) is 0 Å². The van der Waals surface area contributed by atoms with Crippen LogP contribution in [-0.4, -0.2) is 62.3 Å². The second-order valence-electron chi connectivity index (χ2n) is 12.0. The van der Waals surface area contributed by atoms with Crippen molar-refractivity contribution in [2.45, 2.75) is 45.7 Å². The fraction of sp³-hybridized carbons (Fsp3) is 0.294. The molecule has 0 aliphatic carbocycles. The van der Waals surface area contributed by atoms with Crippen molar-refractivity contribution in [3.63, 3.8) is 0 Å². The van der Waals surface area contributed by atoms with Crippen LogP contribution in [0, 0.1) is 12.7 Å². The molecule has 1 fully saturated rings. The Morgan fingerprint density at radius 2 is 1.98 bits per heavy atom. The number of carbonyl (C=O) groups is 1. The van der Waals surface area contributed by atoms with Crippen molar-refractivity contribution in [1.29, 1.82) is 0 Å². The second kappa shape index (κ2) is 10.3. The van der Waals surface area contributed by atoms with Crippen molar-refractivity contribution in [2.24, 2.45) is 0 Å². The third kappa shape index (κ3) is 4.11. The van der Waals surface area contributed by atoms with E-state index in [-0.39, 0.29) is 47.5 Å². The van der Waals surface area contributed by atoms with Crippen LogP contribution in [0.5, 0.6) is 5.75 Å². The predicted octanol–water partition coefficient (Wildman–Crippen LogP) is 5.48. The lowest BCUT2D eigenvalue weighted by atomic mass is 9.98. The van der Waals surface area contributed by atoms with Gasteiger partial charge in [-0.2, -0.15) is 5.10 Å². The van der Waals surface area contributed by atoms with E-state index in [4.69, 9.17) is 9.72 Å². The number of para-hydroxylation sites is 1. The van der Waals surface area contributed by atoms with E-state index in [1.54, 1.807) is 15.7 Å². The summed E-state index contributed by atoms with van der Waals surface area (Å²) in [6.45, 7) is 12.7. The number of halogens is 1. The summed E-state index contributed by atoms with van der Waals surface area (Å²) < 4.78 is 24.2. The summed E-state index contributed by atoms with van der Waals surface area (Å²) in [6.07, 6.45) is 2.98. The number of anilines is 1. The van der Waals surface area contributed by atoms with Crippen LogP contribution in [0.1, 0.15) is 37.8 Å². The number of nitrogens with zero attached hydrogens (tertiary/aromatic N) is 5. The van der Waals surface area contributed by atoms with Gasteiger partial charge in [-0.15, -0.1) is 0 Å². The van der Waals surface area contributed by atoms with Gasteiger partial charge in [0.1, 0.15) is 18.1 Å². The molecule has 2 atom stereocenters. The molecule has 44 heavy (non-hydrogen) atoms. The van der Waals surface area contributed by atoms with E-state index >= 15 is 4.39 Å². The Bertz CT molecular complexity index is 2050. The van der Waals surface area contributed by atoms with E-state index in [9.17, 15) is 9.59 Å². The molecular weight excluding hydrogens is 559 g/mol. The molecule has 2 aliphatic heterocycles. The molecule has 5 aromatic rings. The molecule has 1 N–H and O–H groups in total. The fourth-order valence-corrected chi connectivity index (χ4v) is 6.74. The van der Waals surface area contributed by atoms with E-state index in [2.05, 4.69) is 35.5 Å². The number of amides is 1. The van der Waals surface area contributed by atoms with Crippen LogP contribution in [0.25, 0.3) is 38.9 Å². The number of carbonyl (C=O) groups excluding carboxylic acids is 1. The Kier molecular flexibility index (Phi) is 6.53.